The lowest BCUT2D eigenvalue weighted by molar-refractivity contribution is 0.0850. The first-order chi connectivity index (χ1) is 4.23. The summed E-state index contributed by atoms with van der Waals surface area (Å²) in [5.74, 6) is -2.69. The SMILES string of the molecule is FC1(F)[C@@H]2CCCC[C@@H]21. The average molecular weight is 132 g/mol. The van der Waals surface area contributed by atoms with Crippen LogP contribution in [0.2, 0.25) is 0 Å². The van der Waals surface area contributed by atoms with Crippen LogP contribution in [0.5, 0.6) is 0 Å². The first kappa shape index (κ1) is 5.63. The Morgan fingerprint density at radius 2 is 1.44 bits per heavy atom. The van der Waals surface area contributed by atoms with Gasteiger partial charge >= 0.3 is 0 Å². The molecule has 0 nitrogen and oxygen atoms in total. The van der Waals surface area contributed by atoms with E-state index in [1.165, 1.54) is 0 Å². The minimum absolute atomic E-state index is 0.216. The van der Waals surface area contributed by atoms with Gasteiger partial charge in [0.15, 0.2) is 0 Å². The Hall–Kier alpha value is -0.140. The molecule has 0 bridgehead atoms. The lowest BCUT2D eigenvalue weighted by atomic mass is 10.0. The molecular weight excluding hydrogens is 122 g/mol. The smallest absolute Gasteiger partial charge is 0.206 e. The van der Waals surface area contributed by atoms with Crippen LogP contribution in [-0.4, -0.2) is 5.92 Å². The Morgan fingerprint density at radius 1 is 1.00 bits per heavy atom. The lowest BCUT2D eigenvalue weighted by Crippen LogP contribution is -1.92. The van der Waals surface area contributed by atoms with Crippen LogP contribution in [-0.2, 0) is 0 Å². The first-order valence-electron chi connectivity index (χ1n) is 3.61. The lowest BCUT2D eigenvalue weighted by Gasteiger charge is -2.02. The van der Waals surface area contributed by atoms with Crippen LogP contribution in [0.1, 0.15) is 25.7 Å². The molecule has 0 amide bonds. The van der Waals surface area contributed by atoms with Crippen LogP contribution < -0.4 is 0 Å². The Labute approximate surface area is 53.2 Å². The van der Waals surface area contributed by atoms with Crippen LogP contribution in [0.3, 0.4) is 0 Å². The van der Waals surface area contributed by atoms with Crippen LogP contribution in [0.15, 0.2) is 0 Å². The predicted octanol–water partition coefficient (Wildman–Crippen LogP) is 2.44. The summed E-state index contributed by atoms with van der Waals surface area (Å²) in [6.07, 6.45) is 3.60. The summed E-state index contributed by atoms with van der Waals surface area (Å²) in [6.45, 7) is 0. The quantitative estimate of drug-likeness (QED) is 0.475. The van der Waals surface area contributed by atoms with E-state index in [2.05, 4.69) is 0 Å². The van der Waals surface area contributed by atoms with Crippen molar-refractivity contribution in [1.82, 2.24) is 0 Å². The third-order valence-electron chi connectivity index (χ3n) is 2.65. The highest BCUT2D eigenvalue weighted by atomic mass is 19.3. The molecule has 2 atom stereocenters. The molecule has 2 rings (SSSR count). The normalized spacial score (nSPS) is 46.0. The third kappa shape index (κ3) is 0.620. The largest absolute Gasteiger partial charge is 0.254 e. The minimum Gasteiger partial charge on any atom is -0.206 e. The van der Waals surface area contributed by atoms with Gasteiger partial charge in [0, 0.05) is 11.8 Å². The molecule has 9 heavy (non-hydrogen) atoms. The molecule has 0 aromatic rings. The van der Waals surface area contributed by atoms with Gasteiger partial charge in [-0.15, -0.1) is 0 Å². The van der Waals surface area contributed by atoms with Gasteiger partial charge in [-0.2, -0.15) is 0 Å². The maximum Gasteiger partial charge on any atom is 0.254 e. The summed E-state index contributed by atoms with van der Waals surface area (Å²) in [6, 6.07) is 0. The molecule has 0 unspecified atom stereocenters. The van der Waals surface area contributed by atoms with E-state index in [-0.39, 0.29) is 11.8 Å². The standard InChI is InChI=1S/C7H10F2/c8-7(9)5-3-1-2-4-6(5)7/h5-6H,1-4H2/t5-,6+. The van der Waals surface area contributed by atoms with Crippen molar-refractivity contribution in [3.05, 3.63) is 0 Å². The molecule has 0 aliphatic heterocycles. The van der Waals surface area contributed by atoms with Gasteiger partial charge in [-0.05, 0) is 12.8 Å². The summed E-state index contributed by atoms with van der Waals surface area (Å²) in [5, 5.41) is 0. The van der Waals surface area contributed by atoms with Crippen molar-refractivity contribution in [2.24, 2.45) is 11.8 Å². The molecule has 2 aliphatic rings. The van der Waals surface area contributed by atoms with E-state index in [0.717, 1.165) is 25.7 Å². The molecule has 0 N–H and O–H groups in total. The average Bonchev–Trinajstić information content (AvgIpc) is 2.39. The summed E-state index contributed by atoms with van der Waals surface area (Å²) in [7, 11) is 0. The summed E-state index contributed by atoms with van der Waals surface area (Å²) in [5.41, 5.74) is 0. The fraction of sp³-hybridized carbons (Fsp3) is 1.00. The number of hydrogen-bond acceptors (Lipinski definition) is 0. The Morgan fingerprint density at radius 3 is 1.78 bits per heavy atom. The maximum absolute atomic E-state index is 12.5. The van der Waals surface area contributed by atoms with E-state index >= 15 is 0 Å². The van der Waals surface area contributed by atoms with Crippen molar-refractivity contribution in [2.75, 3.05) is 0 Å². The highest BCUT2D eigenvalue weighted by Crippen LogP contribution is 2.62. The number of rotatable bonds is 0. The number of fused-ring (bicyclic) bond motifs is 1. The van der Waals surface area contributed by atoms with Gasteiger partial charge < -0.3 is 0 Å². The molecular formula is C7H10F2. The Bertz CT molecular complexity index is 117. The van der Waals surface area contributed by atoms with E-state index in [0.29, 0.717) is 0 Å². The summed E-state index contributed by atoms with van der Waals surface area (Å²) < 4.78 is 25.0. The number of hydrogen-bond donors (Lipinski definition) is 0. The molecule has 0 radical (unpaired) electrons. The Kier molecular flexibility index (Phi) is 0.920. The van der Waals surface area contributed by atoms with Gasteiger partial charge in [0.05, 0.1) is 0 Å². The van der Waals surface area contributed by atoms with E-state index in [9.17, 15) is 8.78 Å². The van der Waals surface area contributed by atoms with E-state index in [1.807, 2.05) is 0 Å². The van der Waals surface area contributed by atoms with E-state index < -0.39 is 5.92 Å². The molecule has 0 saturated heterocycles. The van der Waals surface area contributed by atoms with Gasteiger partial charge in [-0.1, -0.05) is 12.8 Å². The van der Waals surface area contributed by atoms with Gasteiger partial charge in [-0.25, -0.2) is 8.78 Å². The van der Waals surface area contributed by atoms with Gasteiger partial charge in [-0.3, -0.25) is 0 Å². The maximum atomic E-state index is 12.5. The zero-order valence-corrected chi connectivity index (χ0v) is 5.24. The Balaban J connectivity index is 2.06. The number of alkyl halides is 2. The molecule has 0 spiro atoms. The highest BCUT2D eigenvalue weighted by molar-refractivity contribution is 5.06. The molecule has 2 saturated carbocycles. The zero-order valence-electron chi connectivity index (χ0n) is 5.24. The molecule has 2 aliphatic carbocycles. The van der Waals surface area contributed by atoms with Gasteiger partial charge in [0.25, 0.3) is 5.92 Å². The number of halogens is 2. The van der Waals surface area contributed by atoms with Crippen molar-refractivity contribution in [1.29, 1.82) is 0 Å². The van der Waals surface area contributed by atoms with E-state index in [1.54, 1.807) is 0 Å². The van der Waals surface area contributed by atoms with Crippen molar-refractivity contribution in [3.8, 4) is 0 Å². The van der Waals surface area contributed by atoms with Crippen molar-refractivity contribution in [3.63, 3.8) is 0 Å². The van der Waals surface area contributed by atoms with Crippen molar-refractivity contribution >= 4 is 0 Å². The zero-order chi connectivity index (χ0) is 6.48. The predicted molar refractivity (Wildman–Crippen MR) is 30.4 cm³/mol. The molecule has 2 heteroatoms. The highest BCUT2D eigenvalue weighted by Gasteiger charge is 2.67. The second kappa shape index (κ2) is 1.47. The van der Waals surface area contributed by atoms with Crippen LogP contribution in [0.4, 0.5) is 8.78 Å². The summed E-state index contributed by atoms with van der Waals surface area (Å²) >= 11 is 0. The fourth-order valence-corrected chi connectivity index (χ4v) is 1.98. The van der Waals surface area contributed by atoms with E-state index in [4.69, 9.17) is 0 Å². The minimum atomic E-state index is -2.25. The summed E-state index contributed by atoms with van der Waals surface area (Å²) in [4.78, 5) is 0. The molecule has 52 valence electrons. The molecule has 2 fully saturated rings. The topological polar surface area (TPSA) is 0 Å². The fourth-order valence-electron chi connectivity index (χ4n) is 1.98. The first-order valence-corrected chi connectivity index (χ1v) is 3.61. The molecule has 0 heterocycles. The monoisotopic (exact) mass is 132 g/mol. The third-order valence-corrected chi connectivity index (χ3v) is 2.65. The molecule has 0 aromatic heterocycles. The van der Waals surface area contributed by atoms with Crippen LogP contribution >= 0.6 is 0 Å². The van der Waals surface area contributed by atoms with Crippen LogP contribution in [0, 0.1) is 11.8 Å². The van der Waals surface area contributed by atoms with Crippen molar-refractivity contribution < 1.29 is 8.78 Å². The van der Waals surface area contributed by atoms with Gasteiger partial charge in [0.2, 0.25) is 0 Å². The van der Waals surface area contributed by atoms with Crippen LogP contribution in [0.25, 0.3) is 0 Å². The molecule has 0 aromatic carbocycles. The van der Waals surface area contributed by atoms with Gasteiger partial charge in [0.1, 0.15) is 0 Å². The second-order valence-corrected chi connectivity index (χ2v) is 3.17. The van der Waals surface area contributed by atoms with Crippen molar-refractivity contribution in [2.45, 2.75) is 31.6 Å². The second-order valence-electron chi connectivity index (χ2n) is 3.17.